The molecule has 3 aromatic carbocycles. The maximum Gasteiger partial charge on any atom is 0.128 e. The number of anilines is 3. The molecular formula is C27H29FN2O. The molecule has 4 heteroatoms. The summed E-state index contributed by atoms with van der Waals surface area (Å²) in [4.78, 5) is 13.0. The van der Waals surface area contributed by atoms with Gasteiger partial charge >= 0.3 is 0 Å². The normalized spacial score (nSPS) is 13.0. The number of para-hydroxylation sites is 1. The number of aldehydes is 1. The molecule has 1 N–H and O–H groups in total. The molecule has 0 saturated heterocycles. The molecule has 0 saturated carbocycles. The van der Waals surface area contributed by atoms with E-state index in [9.17, 15) is 9.18 Å². The van der Waals surface area contributed by atoms with Crippen LogP contribution in [0.5, 0.6) is 0 Å². The summed E-state index contributed by atoms with van der Waals surface area (Å²) in [6, 6.07) is 20.2. The molecule has 0 spiro atoms. The van der Waals surface area contributed by atoms with Crippen LogP contribution in [0, 0.1) is 5.82 Å². The van der Waals surface area contributed by atoms with Gasteiger partial charge in [0.15, 0.2) is 0 Å². The average molecular weight is 417 g/mol. The van der Waals surface area contributed by atoms with Gasteiger partial charge < -0.3 is 15.0 Å². The Morgan fingerprint density at radius 3 is 2.61 bits per heavy atom. The van der Waals surface area contributed by atoms with Crippen LogP contribution >= 0.6 is 0 Å². The molecule has 3 aromatic rings. The van der Waals surface area contributed by atoms with Crippen molar-refractivity contribution in [1.82, 2.24) is 0 Å². The first-order chi connectivity index (χ1) is 15.2. The Morgan fingerprint density at radius 1 is 1.06 bits per heavy atom. The van der Waals surface area contributed by atoms with Crippen molar-refractivity contribution in [3.63, 3.8) is 0 Å². The molecule has 4 rings (SSSR count). The standard InChI is InChI=1S/C27H29FN2O/c1-2-25-22(19-29-23-15-14-20(9-7-17-31)26(28)18-23)13-12-21-8-6-16-30(27(21)25)24-10-4-3-5-11-24/h3-5,10-15,17-18,29H,2,6-9,16,19H2,1H3. The molecule has 0 unspecified atom stereocenters. The van der Waals surface area contributed by atoms with Crippen LogP contribution in [0.3, 0.4) is 0 Å². The fourth-order valence-electron chi connectivity index (χ4n) is 4.50. The summed E-state index contributed by atoms with van der Waals surface area (Å²) in [5.74, 6) is -0.261. The summed E-state index contributed by atoms with van der Waals surface area (Å²) < 4.78 is 14.3. The molecule has 0 fully saturated rings. The summed E-state index contributed by atoms with van der Waals surface area (Å²) in [5.41, 5.74) is 7.92. The van der Waals surface area contributed by atoms with E-state index in [1.807, 2.05) is 6.07 Å². The molecule has 0 bridgehead atoms. The highest BCUT2D eigenvalue weighted by molar-refractivity contribution is 5.72. The van der Waals surface area contributed by atoms with Gasteiger partial charge in [0.1, 0.15) is 12.1 Å². The minimum absolute atomic E-state index is 0.261. The number of benzene rings is 3. The summed E-state index contributed by atoms with van der Waals surface area (Å²) in [6.07, 6.45) is 4.81. The van der Waals surface area contributed by atoms with E-state index < -0.39 is 0 Å². The number of carbonyl (C=O) groups excluding carboxylic acids is 1. The van der Waals surface area contributed by atoms with E-state index >= 15 is 0 Å². The number of halogens is 1. The zero-order chi connectivity index (χ0) is 21.6. The number of fused-ring (bicyclic) bond motifs is 1. The van der Waals surface area contributed by atoms with Crippen molar-refractivity contribution >= 4 is 23.3 Å². The van der Waals surface area contributed by atoms with Crippen molar-refractivity contribution in [2.24, 2.45) is 0 Å². The van der Waals surface area contributed by atoms with Gasteiger partial charge in [0.25, 0.3) is 0 Å². The zero-order valence-corrected chi connectivity index (χ0v) is 18.0. The molecule has 1 aliphatic rings. The molecule has 0 aromatic heterocycles. The van der Waals surface area contributed by atoms with Gasteiger partial charge in [-0.2, -0.15) is 0 Å². The third-order valence-corrected chi connectivity index (χ3v) is 6.05. The highest BCUT2D eigenvalue weighted by Crippen LogP contribution is 2.38. The monoisotopic (exact) mass is 416 g/mol. The third-order valence-electron chi connectivity index (χ3n) is 6.05. The first-order valence-corrected chi connectivity index (χ1v) is 11.1. The Kier molecular flexibility index (Phi) is 6.66. The molecule has 160 valence electrons. The topological polar surface area (TPSA) is 32.3 Å². The lowest BCUT2D eigenvalue weighted by Crippen LogP contribution is -2.26. The quantitative estimate of drug-likeness (QED) is 0.443. The van der Waals surface area contributed by atoms with Crippen LogP contribution in [-0.4, -0.2) is 12.8 Å². The summed E-state index contributed by atoms with van der Waals surface area (Å²) in [6.45, 7) is 3.87. The molecule has 0 atom stereocenters. The number of aryl methyl sites for hydroxylation is 2. The lowest BCUT2D eigenvalue weighted by Gasteiger charge is -2.34. The molecule has 0 amide bonds. The number of nitrogens with one attached hydrogen (secondary N) is 1. The van der Waals surface area contributed by atoms with E-state index in [-0.39, 0.29) is 5.82 Å². The first-order valence-electron chi connectivity index (χ1n) is 11.1. The van der Waals surface area contributed by atoms with E-state index in [4.69, 9.17) is 0 Å². The summed E-state index contributed by atoms with van der Waals surface area (Å²) in [7, 11) is 0. The van der Waals surface area contributed by atoms with Crippen LogP contribution in [0.4, 0.5) is 21.5 Å². The highest BCUT2D eigenvalue weighted by Gasteiger charge is 2.22. The van der Waals surface area contributed by atoms with Crippen molar-refractivity contribution in [2.75, 3.05) is 16.8 Å². The number of nitrogens with zero attached hydrogens (tertiary/aromatic N) is 1. The SMILES string of the molecule is CCc1c(CNc2ccc(CCC=O)c(F)c2)ccc2c1N(c1ccccc1)CCC2. The van der Waals surface area contributed by atoms with Crippen molar-refractivity contribution < 1.29 is 9.18 Å². The molecule has 1 heterocycles. The molecular weight excluding hydrogens is 387 g/mol. The second-order valence-corrected chi connectivity index (χ2v) is 8.02. The van der Waals surface area contributed by atoms with Gasteiger partial charge in [0.2, 0.25) is 0 Å². The number of hydrogen-bond acceptors (Lipinski definition) is 3. The Hall–Kier alpha value is -3.14. The fraction of sp³-hybridized carbons (Fsp3) is 0.296. The zero-order valence-electron chi connectivity index (χ0n) is 18.0. The van der Waals surface area contributed by atoms with Gasteiger partial charge in [-0.1, -0.05) is 43.3 Å². The van der Waals surface area contributed by atoms with Crippen LogP contribution in [0.1, 0.15) is 42.0 Å². The summed E-state index contributed by atoms with van der Waals surface area (Å²) >= 11 is 0. The van der Waals surface area contributed by atoms with E-state index in [2.05, 4.69) is 59.6 Å². The molecule has 0 aliphatic carbocycles. The molecule has 31 heavy (non-hydrogen) atoms. The minimum atomic E-state index is -0.261. The molecule has 1 aliphatic heterocycles. The predicted octanol–water partition coefficient (Wildman–Crippen LogP) is 6.22. The highest BCUT2D eigenvalue weighted by atomic mass is 19.1. The smallest absolute Gasteiger partial charge is 0.128 e. The van der Waals surface area contributed by atoms with E-state index in [0.717, 1.165) is 37.8 Å². The minimum Gasteiger partial charge on any atom is -0.381 e. The summed E-state index contributed by atoms with van der Waals surface area (Å²) in [5, 5.41) is 3.39. The largest absolute Gasteiger partial charge is 0.381 e. The Morgan fingerprint density at radius 2 is 1.87 bits per heavy atom. The van der Waals surface area contributed by atoms with Crippen LogP contribution in [0.25, 0.3) is 0 Å². The van der Waals surface area contributed by atoms with Crippen molar-refractivity contribution in [1.29, 1.82) is 0 Å². The van der Waals surface area contributed by atoms with Gasteiger partial charge in [-0.15, -0.1) is 0 Å². The predicted molar refractivity (Wildman–Crippen MR) is 126 cm³/mol. The number of carbonyl (C=O) groups is 1. The first kappa shape index (κ1) is 21.1. The maximum absolute atomic E-state index is 14.3. The van der Waals surface area contributed by atoms with Gasteiger partial charge in [-0.25, -0.2) is 4.39 Å². The second kappa shape index (κ2) is 9.78. The Labute approximate surface area is 183 Å². The van der Waals surface area contributed by atoms with Crippen molar-refractivity contribution in [2.45, 2.75) is 45.6 Å². The van der Waals surface area contributed by atoms with Crippen LogP contribution in [-0.2, 0) is 30.6 Å². The molecule has 0 radical (unpaired) electrons. The number of rotatable bonds is 8. The molecule has 3 nitrogen and oxygen atoms in total. The van der Waals surface area contributed by atoms with Crippen LogP contribution in [0.15, 0.2) is 60.7 Å². The van der Waals surface area contributed by atoms with Gasteiger partial charge in [0.05, 0.1) is 0 Å². The van der Waals surface area contributed by atoms with Crippen molar-refractivity contribution in [3.05, 3.63) is 88.7 Å². The maximum atomic E-state index is 14.3. The average Bonchev–Trinajstić information content (AvgIpc) is 2.82. The van der Waals surface area contributed by atoms with E-state index in [1.165, 1.54) is 34.1 Å². The second-order valence-electron chi connectivity index (χ2n) is 8.02. The lowest BCUT2D eigenvalue weighted by molar-refractivity contribution is -0.107. The Bertz CT molecular complexity index is 1050. The lowest BCUT2D eigenvalue weighted by atomic mass is 9.92. The Balaban J connectivity index is 1.59. The van der Waals surface area contributed by atoms with Gasteiger partial charge in [-0.05, 0) is 72.2 Å². The van der Waals surface area contributed by atoms with Crippen molar-refractivity contribution in [3.8, 4) is 0 Å². The van der Waals surface area contributed by atoms with Gasteiger partial charge in [0, 0.05) is 36.6 Å². The van der Waals surface area contributed by atoms with Crippen LogP contribution < -0.4 is 10.2 Å². The van der Waals surface area contributed by atoms with E-state index in [1.54, 1.807) is 6.07 Å². The van der Waals surface area contributed by atoms with Gasteiger partial charge in [-0.3, -0.25) is 0 Å². The van der Waals surface area contributed by atoms with E-state index in [0.29, 0.717) is 24.9 Å². The third kappa shape index (κ3) is 4.63. The number of hydrogen-bond donors (Lipinski definition) is 1. The van der Waals surface area contributed by atoms with Crippen LogP contribution in [0.2, 0.25) is 0 Å². The fourth-order valence-corrected chi connectivity index (χ4v) is 4.50.